The summed E-state index contributed by atoms with van der Waals surface area (Å²) in [6, 6.07) is 15.8. The maximum Gasteiger partial charge on any atom is 0.295 e. The molecule has 1 amide bonds. The summed E-state index contributed by atoms with van der Waals surface area (Å²) in [6.07, 6.45) is 0. The van der Waals surface area contributed by atoms with E-state index in [2.05, 4.69) is 34.7 Å². The van der Waals surface area contributed by atoms with Crippen molar-refractivity contribution in [2.24, 2.45) is 0 Å². The van der Waals surface area contributed by atoms with Crippen LogP contribution >= 0.6 is 15.9 Å². The lowest BCUT2D eigenvalue weighted by Gasteiger charge is -2.28. The molecule has 0 radical (unpaired) electrons. The first-order valence-corrected chi connectivity index (χ1v) is 10.6. The second kappa shape index (κ2) is 9.37. The van der Waals surface area contributed by atoms with Gasteiger partial charge in [-0.05, 0) is 30.8 Å². The molecule has 1 saturated heterocycles. The highest BCUT2D eigenvalue weighted by molar-refractivity contribution is 9.10. The van der Waals surface area contributed by atoms with E-state index in [1.807, 2.05) is 30.3 Å². The van der Waals surface area contributed by atoms with Crippen LogP contribution in [-0.4, -0.2) is 52.8 Å². The number of carbonyl (C=O) groups is 2. The van der Waals surface area contributed by atoms with Crippen LogP contribution in [0.15, 0.2) is 64.6 Å². The van der Waals surface area contributed by atoms with Crippen molar-refractivity contribution in [3.05, 3.63) is 75.8 Å². The summed E-state index contributed by atoms with van der Waals surface area (Å²) in [5.41, 5.74) is 1.46. The van der Waals surface area contributed by atoms with Crippen molar-refractivity contribution < 1.29 is 14.7 Å². The zero-order valence-corrected chi connectivity index (χ0v) is 18.2. The SMILES string of the molecule is CCN(CC)CCN1C(=O)C(=O)C(=C(O)c2ccc(Br)cc2)[C@H]1c1ccccc1. The molecular formula is C23H25BrN2O3. The number of aliphatic hydroxyl groups is 1. The molecule has 2 aromatic carbocycles. The number of benzene rings is 2. The Morgan fingerprint density at radius 1 is 1.03 bits per heavy atom. The molecule has 1 heterocycles. The van der Waals surface area contributed by atoms with E-state index < -0.39 is 17.7 Å². The Kier molecular flexibility index (Phi) is 6.87. The number of likely N-dealkylation sites (tertiary alicyclic amines) is 1. The van der Waals surface area contributed by atoms with Gasteiger partial charge in [0.2, 0.25) is 0 Å². The molecule has 1 aliphatic heterocycles. The standard InChI is InChI=1S/C23H25BrN2O3/c1-3-25(4-2)14-15-26-20(16-8-6-5-7-9-16)19(22(28)23(26)29)21(27)17-10-12-18(24)13-11-17/h5-13,20,27H,3-4,14-15H2,1-2H3/t20-/m1/s1. The average Bonchev–Trinajstić information content (AvgIpc) is 3.00. The normalized spacial score (nSPS) is 18.6. The Bertz CT molecular complexity index is 905. The molecule has 1 aliphatic rings. The van der Waals surface area contributed by atoms with Gasteiger partial charge >= 0.3 is 0 Å². The lowest BCUT2D eigenvalue weighted by Crippen LogP contribution is -2.38. The summed E-state index contributed by atoms with van der Waals surface area (Å²) in [5.74, 6) is -1.35. The van der Waals surface area contributed by atoms with E-state index in [1.54, 1.807) is 29.2 Å². The van der Waals surface area contributed by atoms with Crippen molar-refractivity contribution in [3.63, 3.8) is 0 Å². The number of carbonyl (C=O) groups excluding carboxylic acids is 2. The van der Waals surface area contributed by atoms with Gasteiger partial charge in [0.15, 0.2) is 0 Å². The Hall–Kier alpha value is -2.44. The quantitative estimate of drug-likeness (QED) is 0.385. The van der Waals surface area contributed by atoms with Crippen molar-refractivity contribution in [1.29, 1.82) is 0 Å². The number of ketones is 1. The lowest BCUT2D eigenvalue weighted by molar-refractivity contribution is -0.140. The summed E-state index contributed by atoms with van der Waals surface area (Å²) in [7, 11) is 0. The van der Waals surface area contributed by atoms with E-state index in [-0.39, 0.29) is 11.3 Å². The summed E-state index contributed by atoms with van der Waals surface area (Å²) < 4.78 is 0.869. The van der Waals surface area contributed by atoms with Gasteiger partial charge in [-0.1, -0.05) is 72.2 Å². The van der Waals surface area contributed by atoms with Crippen LogP contribution in [0, 0.1) is 0 Å². The fourth-order valence-corrected chi connectivity index (χ4v) is 3.91. The molecule has 0 spiro atoms. The number of rotatable bonds is 7. The van der Waals surface area contributed by atoms with E-state index in [4.69, 9.17) is 0 Å². The molecule has 1 fully saturated rings. The van der Waals surface area contributed by atoms with Gasteiger partial charge in [-0.2, -0.15) is 0 Å². The van der Waals surface area contributed by atoms with E-state index in [0.29, 0.717) is 18.7 Å². The molecule has 0 saturated carbocycles. The highest BCUT2D eigenvalue weighted by Gasteiger charge is 2.45. The molecule has 152 valence electrons. The van der Waals surface area contributed by atoms with Crippen LogP contribution in [0.3, 0.4) is 0 Å². The maximum atomic E-state index is 12.9. The van der Waals surface area contributed by atoms with E-state index in [9.17, 15) is 14.7 Å². The number of amides is 1. The minimum atomic E-state index is -0.640. The first-order chi connectivity index (χ1) is 14.0. The fourth-order valence-electron chi connectivity index (χ4n) is 3.64. The van der Waals surface area contributed by atoms with E-state index in [0.717, 1.165) is 23.1 Å². The first kappa shape index (κ1) is 21.3. The molecule has 0 aromatic heterocycles. The number of halogens is 1. The third kappa shape index (κ3) is 4.43. The maximum absolute atomic E-state index is 12.9. The van der Waals surface area contributed by atoms with Gasteiger partial charge < -0.3 is 14.9 Å². The van der Waals surface area contributed by atoms with E-state index >= 15 is 0 Å². The van der Waals surface area contributed by atoms with Crippen molar-refractivity contribution >= 4 is 33.4 Å². The molecule has 29 heavy (non-hydrogen) atoms. The molecule has 1 atom stereocenters. The second-order valence-electron chi connectivity index (χ2n) is 6.94. The number of hydrogen-bond donors (Lipinski definition) is 1. The Balaban J connectivity index is 2.06. The number of aliphatic hydroxyl groups excluding tert-OH is 1. The fraction of sp³-hybridized carbons (Fsp3) is 0.304. The summed E-state index contributed by atoms with van der Waals surface area (Å²) in [4.78, 5) is 29.6. The van der Waals surface area contributed by atoms with Gasteiger partial charge in [-0.3, -0.25) is 9.59 Å². The Morgan fingerprint density at radius 3 is 2.24 bits per heavy atom. The van der Waals surface area contributed by atoms with Crippen molar-refractivity contribution in [3.8, 4) is 0 Å². The van der Waals surface area contributed by atoms with Gasteiger partial charge in [0, 0.05) is 23.1 Å². The lowest BCUT2D eigenvalue weighted by atomic mass is 9.95. The van der Waals surface area contributed by atoms with Crippen molar-refractivity contribution in [2.75, 3.05) is 26.2 Å². The molecule has 0 aliphatic carbocycles. The second-order valence-corrected chi connectivity index (χ2v) is 7.85. The summed E-state index contributed by atoms with van der Waals surface area (Å²) >= 11 is 3.37. The minimum absolute atomic E-state index is 0.142. The molecule has 0 unspecified atom stereocenters. The monoisotopic (exact) mass is 456 g/mol. The number of Topliss-reactive ketones (excluding diaryl/α,β-unsaturated/α-hetero) is 1. The van der Waals surface area contributed by atoms with Crippen LogP contribution in [0.2, 0.25) is 0 Å². The van der Waals surface area contributed by atoms with Crippen LogP contribution in [0.1, 0.15) is 31.0 Å². The average molecular weight is 457 g/mol. The first-order valence-electron chi connectivity index (χ1n) is 9.79. The molecular weight excluding hydrogens is 432 g/mol. The van der Waals surface area contributed by atoms with Gasteiger partial charge in [-0.15, -0.1) is 0 Å². The van der Waals surface area contributed by atoms with Crippen LogP contribution in [-0.2, 0) is 9.59 Å². The van der Waals surface area contributed by atoms with E-state index in [1.165, 1.54) is 0 Å². The number of nitrogens with zero attached hydrogens (tertiary/aromatic N) is 2. The highest BCUT2D eigenvalue weighted by Crippen LogP contribution is 2.39. The molecule has 3 rings (SSSR count). The molecule has 1 N–H and O–H groups in total. The molecule has 5 nitrogen and oxygen atoms in total. The van der Waals surface area contributed by atoms with Gasteiger partial charge in [0.05, 0.1) is 11.6 Å². The third-order valence-corrected chi connectivity index (χ3v) is 5.85. The minimum Gasteiger partial charge on any atom is -0.507 e. The third-order valence-electron chi connectivity index (χ3n) is 5.32. The van der Waals surface area contributed by atoms with Crippen LogP contribution < -0.4 is 0 Å². The van der Waals surface area contributed by atoms with Crippen LogP contribution in [0.4, 0.5) is 0 Å². The zero-order chi connectivity index (χ0) is 21.0. The molecule has 0 bridgehead atoms. The van der Waals surface area contributed by atoms with Crippen LogP contribution in [0.25, 0.3) is 5.76 Å². The van der Waals surface area contributed by atoms with Crippen LogP contribution in [0.5, 0.6) is 0 Å². The topological polar surface area (TPSA) is 60.9 Å². The van der Waals surface area contributed by atoms with Gasteiger partial charge in [0.25, 0.3) is 11.7 Å². The molecule has 2 aromatic rings. The largest absolute Gasteiger partial charge is 0.507 e. The van der Waals surface area contributed by atoms with Gasteiger partial charge in [-0.25, -0.2) is 0 Å². The van der Waals surface area contributed by atoms with Crippen molar-refractivity contribution in [1.82, 2.24) is 9.80 Å². The van der Waals surface area contributed by atoms with Crippen molar-refractivity contribution in [2.45, 2.75) is 19.9 Å². The highest BCUT2D eigenvalue weighted by atomic mass is 79.9. The smallest absolute Gasteiger partial charge is 0.295 e. The molecule has 6 heteroatoms. The summed E-state index contributed by atoms with van der Waals surface area (Å²) in [5, 5.41) is 11.0. The van der Waals surface area contributed by atoms with Gasteiger partial charge in [0.1, 0.15) is 5.76 Å². The number of hydrogen-bond acceptors (Lipinski definition) is 4. The Labute approximate surface area is 179 Å². The predicted molar refractivity (Wildman–Crippen MR) is 117 cm³/mol. The summed E-state index contributed by atoms with van der Waals surface area (Å²) in [6.45, 7) is 6.97. The number of likely N-dealkylation sites (N-methyl/N-ethyl adjacent to an activating group) is 1. The predicted octanol–water partition coefficient (Wildman–Crippen LogP) is 4.21. The Morgan fingerprint density at radius 2 is 1.66 bits per heavy atom. The zero-order valence-electron chi connectivity index (χ0n) is 16.6.